The van der Waals surface area contributed by atoms with E-state index >= 15 is 0 Å². The average molecular weight is 419 g/mol. The zero-order valence-electron chi connectivity index (χ0n) is 15.4. The molecule has 1 aromatic carbocycles. The lowest BCUT2D eigenvalue weighted by atomic mass is 10.1. The van der Waals surface area contributed by atoms with Crippen LogP contribution in [0.5, 0.6) is 0 Å². The highest BCUT2D eigenvalue weighted by Crippen LogP contribution is 2.30. The van der Waals surface area contributed by atoms with Gasteiger partial charge in [-0.05, 0) is 18.2 Å². The first-order valence-corrected chi connectivity index (χ1v) is 9.40. The van der Waals surface area contributed by atoms with E-state index in [1.165, 1.54) is 35.3 Å². The van der Waals surface area contributed by atoms with Gasteiger partial charge in [0.05, 0.1) is 31.0 Å². The molecule has 0 spiro atoms. The second kappa shape index (κ2) is 8.73. The number of carbonyl (C=O) groups is 2. The number of carbonyl (C=O) groups excluding carboxylic acids is 2. The smallest absolute Gasteiger partial charge is 0.414 e. The van der Waals surface area contributed by atoms with Gasteiger partial charge in [0.2, 0.25) is 5.91 Å². The molecule has 1 saturated heterocycles. The minimum Gasteiger partial charge on any atom is -0.442 e. The Hall–Kier alpha value is -3.41. The third-order valence-electron chi connectivity index (χ3n) is 4.12. The van der Waals surface area contributed by atoms with Crippen LogP contribution in [0, 0.1) is 16.8 Å². The van der Waals surface area contributed by atoms with E-state index in [2.05, 4.69) is 15.5 Å². The molecule has 1 aromatic heterocycles. The van der Waals surface area contributed by atoms with Crippen molar-refractivity contribution in [2.75, 3.05) is 18.0 Å². The highest BCUT2D eigenvalue weighted by atomic mass is 32.1. The number of rotatable bonds is 8. The Kier molecular flexibility index (Phi) is 6.12. The number of hydrogen-bond acceptors (Lipinski definition) is 8. The van der Waals surface area contributed by atoms with Crippen LogP contribution in [-0.4, -0.2) is 47.5 Å². The fourth-order valence-electron chi connectivity index (χ4n) is 2.73. The largest absolute Gasteiger partial charge is 0.442 e. The molecule has 1 aliphatic heterocycles. The van der Waals surface area contributed by atoms with Gasteiger partial charge in [0.25, 0.3) is 0 Å². The molecule has 3 N–H and O–H groups in total. The summed E-state index contributed by atoms with van der Waals surface area (Å²) in [5.41, 5.74) is 7.98. The van der Waals surface area contributed by atoms with Crippen molar-refractivity contribution >= 4 is 35.4 Å². The van der Waals surface area contributed by atoms with Crippen molar-refractivity contribution in [2.45, 2.75) is 19.6 Å². The summed E-state index contributed by atoms with van der Waals surface area (Å²) in [7, 11) is 0. The number of nitrogens with one attached hydrogen (secondary N) is 3. The Balaban J connectivity index is 1.73. The minimum absolute atomic E-state index is 0.146. The molecule has 1 atom stereocenters. The molecule has 0 aliphatic carbocycles. The van der Waals surface area contributed by atoms with Gasteiger partial charge < -0.3 is 10.1 Å². The van der Waals surface area contributed by atoms with Gasteiger partial charge in [-0.2, -0.15) is 5.53 Å². The van der Waals surface area contributed by atoms with Gasteiger partial charge >= 0.3 is 6.09 Å². The zero-order chi connectivity index (χ0) is 21.0. The van der Waals surface area contributed by atoms with Crippen molar-refractivity contribution in [1.29, 1.82) is 10.9 Å². The van der Waals surface area contributed by atoms with Crippen molar-refractivity contribution < 1.29 is 18.7 Å². The molecule has 2 amide bonds. The quantitative estimate of drug-likeness (QED) is 0.262. The van der Waals surface area contributed by atoms with Crippen LogP contribution in [0.2, 0.25) is 0 Å². The Labute approximate surface area is 169 Å². The number of hydrogen-bond donors (Lipinski definition) is 3. The molecule has 1 aliphatic rings. The summed E-state index contributed by atoms with van der Waals surface area (Å²) in [6.45, 7) is 1.91. The number of halogens is 1. The molecule has 0 saturated carbocycles. The van der Waals surface area contributed by atoms with Crippen molar-refractivity contribution in [3.05, 3.63) is 34.4 Å². The van der Waals surface area contributed by atoms with Gasteiger partial charge in [0.15, 0.2) is 0 Å². The van der Waals surface area contributed by atoms with Crippen molar-refractivity contribution in [3.63, 3.8) is 0 Å². The fraction of sp³-hybridized carbons (Fsp3) is 0.294. The SMILES string of the molecule is CC(=O)NCC1CN(c2ccc(-c3csc(CN(C=N)N=N)n3)c(F)c2)C(=O)O1. The van der Waals surface area contributed by atoms with Crippen LogP contribution in [0.15, 0.2) is 28.8 Å². The number of anilines is 1. The van der Waals surface area contributed by atoms with Gasteiger partial charge in [0, 0.05) is 17.9 Å². The molecule has 12 heteroatoms. The van der Waals surface area contributed by atoms with Gasteiger partial charge in [0.1, 0.15) is 23.3 Å². The normalized spacial score (nSPS) is 15.7. The van der Waals surface area contributed by atoms with E-state index in [-0.39, 0.29) is 31.1 Å². The molecule has 10 nitrogen and oxygen atoms in total. The maximum atomic E-state index is 14.7. The highest BCUT2D eigenvalue weighted by Gasteiger charge is 2.32. The Morgan fingerprint density at radius 3 is 3.03 bits per heavy atom. The summed E-state index contributed by atoms with van der Waals surface area (Å²) in [5.74, 6) is -0.774. The van der Waals surface area contributed by atoms with Crippen LogP contribution < -0.4 is 10.2 Å². The maximum absolute atomic E-state index is 14.7. The fourth-order valence-corrected chi connectivity index (χ4v) is 3.52. The van der Waals surface area contributed by atoms with Gasteiger partial charge in [-0.1, -0.05) is 5.22 Å². The first-order chi connectivity index (χ1) is 13.9. The standard InChI is InChI=1S/C17H18FN7O3S/c1-10(26)21-5-12-6-25(17(27)28-12)11-2-3-13(14(18)4-11)15-8-29-16(22-15)7-24(9-19)23-20/h2-4,8-9,12,19-20H,5-7H2,1H3,(H,21,26). The lowest BCUT2D eigenvalue weighted by Crippen LogP contribution is -2.33. The average Bonchev–Trinajstić information content (AvgIpc) is 3.30. The van der Waals surface area contributed by atoms with E-state index in [4.69, 9.17) is 15.7 Å². The third-order valence-corrected chi connectivity index (χ3v) is 4.95. The molecule has 0 radical (unpaired) electrons. The number of ether oxygens (including phenoxy) is 1. The first-order valence-electron chi connectivity index (χ1n) is 8.52. The number of thiazole rings is 1. The van der Waals surface area contributed by atoms with E-state index in [9.17, 15) is 14.0 Å². The van der Waals surface area contributed by atoms with E-state index in [1.54, 1.807) is 11.4 Å². The number of benzene rings is 1. The predicted molar refractivity (Wildman–Crippen MR) is 103 cm³/mol. The Bertz CT molecular complexity index is 943. The lowest BCUT2D eigenvalue weighted by Gasteiger charge is -2.14. The molecule has 0 bridgehead atoms. The predicted octanol–water partition coefficient (Wildman–Crippen LogP) is 2.77. The number of aromatic nitrogens is 1. The molecule has 1 unspecified atom stereocenters. The number of cyclic esters (lactones) is 1. The topological polar surface area (TPSA) is 135 Å². The molecule has 29 heavy (non-hydrogen) atoms. The Morgan fingerprint density at radius 2 is 2.38 bits per heavy atom. The summed E-state index contributed by atoms with van der Waals surface area (Å²) in [5, 5.41) is 16.2. The first kappa shape index (κ1) is 20.3. The monoisotopic (exact) mass is 419 g/mol. The van der Waals surface area contributed by atoms with Crippen LogP contribution in [-0.2, 0) is 16.1 Å². The second-order valence-electron chi connectivity index (χ2n) is 6.17. The van der Waals surface area contributed by atoms with Crippen LogP contribution >= 0.6 is 11.3 Å². The molecule has 152 valence electrons. The summed E-state index contributed by atoms with van der Waals surface area (Å²) in [6, 6.07) is 4.36. The van der Waals surface area contributed by atoms with E-state index in [1.807, 2.05) is 0 Å². The molecular formula is C17H18FN7O3S. The molecular weight excluding hydrogens is 401 g/mol. The summed E-state index contributed by atoms with van der Waals surface area (Å²) >= 11 is 1.26. The zero-order valence-corrected chi connectivity index (χ0v) is 16.2. The van der Waals surface area contributed by atoms with Crippen molar-refractivity contribution in [1.82, 2.24) is 15.3 Å². The van der Waals surface area contributed by atoms with Crippen LogP contribution in [0.4, 0.5) is 14.9 Å². The van der Waals surface area contributed by atoms with Gasteiger partial charge in [-0.15, -0.1) is 11.3 Å². The van der Waals surface area contributed by atoms with Crippen LogP contribution in [0.3, 0.4) is 0 Å². The van der Waals surface area contributed by atoms with Crippen LogP contribution in [0.1, 0.15) is 11.9 Å². The maximum Gasteiger partial charge on any atom is 0.414 e. The van der Waals surface area contributed by atoms with Crippen molar-refractivity contribution in [3.8, 4) is 11.3 Å². The van der Waals surface area contributed by atoms with Crippen LogP contribution in [0.25, 0.3) is 11.3 Å². The molecule has 2 heterocycles. The van der Waals surface area contributed by atoms with Gasteiger partial charge in [-0.3, -0.25) is 15.1 Å². The van der Waals surface area contributed by atoms with E-state index in [0.717, 1.165) is 11.3 Å². The van der Waals surface area contributed by atoms with E-state index < -0.39 is 18.0 Å². The molecule has 2 aromatic rings. The lowest BCUT2D eigenvalue weighted by molar-refractivity contribution is -0.119. The Morgan fingerprint density at radius 1 is 1.59 bits per heavy atom. The number of nitrogens with zero attached hydrogens (tertiary/aromatic N) is 4. The molecule has 1 fully saturated rings. The second-order valence-corrected chi connectivity index (χ2v) is 7.11. The number of amides is 2. The van der Waals surface area contributed by atoms with Gasteiger partial charge in [-0.25, -0.2) is 19.2 Å². The van der Waals surface area contributed by atoms with E-state index in [0.29, 0.717) is 16.4 Å². The highest BCUT2D eigenvalue weighted by molar-refractivity contribution is 7.09. The third kappa shape index (κ3) is 4.71. The summed E-state index contributed by atoms with van der Waals surface area (Å²) in [6.07, 6.45) is -0.207. The summed E-state index contributed by atoms with van der Waals surface area (Å²) in [4.78, 5) is 28.7. The van der Waals surface area contributed by atoms with Crippen molar-refractivity contribution in [2.24, 2.45) is 5.22 Å². The minimum atomic E-state index is -0.602. The summed E-state index contributed by atoms with van der Waals surface area (Å²) < 4.78 is 19.9. The molecule has 3 rings (SSSR count).